The Morgan fingerprint density at radius 2 is 1.96 bits per heavy atom. The predicted molar refractivity (Wildman–Crippen MR) is 105 cm³/mol. The van der Waals surface area contributed by atoms with E-state index in [2.05, 4.69) is 49.0 Å². The van der Waals surface area contributed by atoms with Gasteiger partial charge in [-0.2, -0.15) is 0 Å². The molecule has 1 aliphatic heterocycles. The van der Waals surface area contributed by atoms with Crippen molar-refractivity contribution < 1.29 is 0 Å². The lowest BCUT2D eigenvalue weighted by molar-refractivity contribution is 0.299. The molecule has 1 aromatic heterocycles. The number of aliphatic imine (C=N–C) groups is 1. The Morgan fingerprint density at radius 3 is 2.65 bits per heavy atom. The molecule has 1 aromatic carbocycles. The van der Waals surface area contributed by atoms with Crippen molar-refractivity contribution in [3.63, 3.8) is 0 Å². The molecule has 0 bridgehead atoms. The lowest BCUT2D eigenvalue weighted by Gasteiger charge is -2.22. The van der Waals surface area contributed by atoms with E-state index in [9.17, 15) is 0 Å². The van der Waals surface area contributed by atoms with Crippen LogP contribution < -0.4 is 5.32 Å². The van der Waals surface area contributed by atoms with Gasteiger partial charge in [0.2, 0.25) is 0 Å². The molecule has 1 aliphatic carbocycles. The van der Waals surface area contributed by atoms with E-state index < -0.39 is 0 Å². The molecular formula is C21H29N5. The summed E-state index contributed by atoms with van der Waals surface area (Å²) in [5.41, 5.74) is 2.59. The zero-order valence-electron chi connectivity index (χ0n) is 15.6. The van der Waals surface area contributed by atoms with E-state index in [0.29, 0.717) is 0 Å². The zero-order chi connectivity index (χ0) is 17.8. The lowest BCUT2D eigenvalue weighted by atomic mass is 9.82. The quantitative estimate of drug-likeness (QED) is 0.680. The van der Waals surface area contributed by atoms with Gasteiger partial charge in [-0.25, -0.2) is 4.98 Å². The average Bonchev–Trinajstić information content (AvgIpc) is 3.32. The van der Waals surface area contributed by atoms with Crippen molar-refractivity contribution in [2.45, 2.75) is 38.8 Å². The Bertz CT molecular complexity index is 723. The first-order chi connectivity index (χ1) is 12.8. The first kappa shape index (κ1) is 17.1. The fourth-order valence-corrected chi connectivity index (χ4v) is 4.52. The molecule has 2 fully saturated rings. The summed E-state index contributed by atoms with van der Waals surface area (Å²) in [6.07, 6.45) is 11.3. The first-order valence-corrected chi connectivity index (χ1v) is 9.81. The van der Waals surface area contributed by atoms with Gasteiger partial charge in [-0.15, -0.1) is 0 Å². The lowest BCUT2D eigenvalue weighted by Crippen LogP contribution is -2.39. The highest BCUT2D eigenvalue weighted by molar-refractivity contribution is 5.80. The average molecular weight is 351 g/mol. The maximum Gasteiger partial charge on any atom is 0.193 e. The minimum atomic E-state index is 0.816. The predicted octanol–water partition coefficient (Wildman–Crippen LogP) is 3.13. The van der Waals surface area contributed by atoms with E-state index in [0.717, 1.165) is 30.9 Å². The van der Waals surface area contributed by atoms with Crippen LogP contribution in [0.4, 0.5) is 0 Å². The number of likely N-dealkylation sites (tertiary alicyclic amines) is 1. The number of hydrogen-bond acceptors (Lipinski definition) is 2. The number of imidazole rings is 1. The summed E-state index contributed by atoms with van der Waals surface area (Å²) in [7, 11) is 1.90. The van der Waals surface area contributed by atoms with Gasteiger partial charge in [-0.3, -0.25) is 4.99 Å². The largest absolute Gasteiger partial charge is 0.352 e. The molecule has 4 rings (SSSR count). The van der Waals surface area contributed by atoms with Crippen LogP contribution in [0.1, 0.15) is 36.8 Å². The Kier molecular flexibility index (Phi) is 5.23. The van der Waals surface area contributed by atoms with Crippen molar-refractivity contribution in [1.82, 2.24) is 19.8 Å². The summed E-state index contributed by atoms with van der Waals surface area (Å²) in [6, 6.07) is 8.76. The Balaban J connectivity index is 1.35. The van der Waals surface area contributed by atoms with Crippen LogP contribution in [0.5, 0.6) is 0 Å². The summed E-state index contributed by atoms with van der Waals surface area (Å²) in [5.74, 6) is 2.81. The van der Waals surface area contributed by atoms with Crippen molar-refractivity contribution >= 4 is 5.96 Å². The van der Waals surface area contributed by atoms with Crippen LogP contribution in [0.15, 0.2) is 48.0 Å². The molecule has 1 saturated heterocycles. The van der Waals surface area contributed by atoms with Gasteiger partial charge in [-0.1, -0.05) is 37.1 Å². The van der Waals surface area contributed by atoms with Gasteiger partial charge < -0.3 is 14.8 Å². The topological polar surface area (TPSA) is 45.5 Å². The van der Waals surface area contributed by atoms with Gasteiger partial charge in [-0.05, 0) is 35.8 Å². The summed E-state index contributed by atoms with van der Waals surface area (Å²) in [5, 5.41) is 3.58. The standard InChI is InChI=1S/C21H29N5/c1-22-21(26-14-19-7-2-3-8-20(19)15-26)24-12-17-5-4-6-18(11-17)13-25-10-9-23-16-25/h4-6,9-11,16,19-20H,2-3,7-8,12-15H2,1H3,(H,22,24). The molecule has 5 nitrogen and oxygen atoms in total. The third-order valence-electron chi connectivity index (χ3n) is 5.85. The van der Waals surface area contributed by atoms with Gasteiger partial charge in [0, 0.05) is 45.6 Å². The summed E-state index contributed by atoms with van der Waals surface area (Å²) in [4.78, 5) is 11.1. The number of aromatic nitrogens is 2. The number of guanidine groups is 1. The maximum absolute atomic E-state index is 4.55. The molecule has 2 heterocycles. The van der Waals surface area contributed by atoms with E-state index in [1.165, 1.54) is 49.9 Å². The van der Waals surface area contributed by atoms with Gasteiger partial charge in [0.15, 0.2) is 5.96 Å². The summed E-state index contributed by atoms with van der Waals surface area (Å²) >= 11 is 0. The van der Waals surface area contributed by atoms with Crippen LogP contribution in [-0.2, 0) is 13.1 Å². The Labute approximate surface area is 156 Å². The van der Waals surface area contributed by atoms with Crippen LogP contribution >= 0.6 is 0 Å². The number of nitrogens with zero attached hydrogens (tertiary/aromatic N) is 4. The SMILES string of the molecule is CN=C(NCc1cccc(Cn2ccnc2)c1)N1CC2CCCCC2C1. The minimum Gasteiger partial charge on any atom is -0.352 e. The zero-order valence-corrected chi connectivity index (χ0v) is 15.6. The monoisotopic (exact) mass is 351 g/mol. The first-order valence-electron chi connectivity index (χ1n) is 9.81. The number of hydrogen-bond donors (Lipinski definition) is 1. The van der Waals surface area contributed by atoms with Gasteiger partial charge in [0.25, 0.3) is 0 Å². The van der Waals surface area contributed by atoms with E-state index in [1.54, 1.807) is 0 Å². The minimum absolute atomic E-state index is 0.816. The molecule has 0 amide bonds. The number of nitrogens with one attached hydrogen (secondary N) is 1. The fourth-order valence-electron chi connectivity index (χ4n) is 4.52. The maximum atomic E-state index is 4.55. The van der Waals surface area contributed by atoms with Crippen molar-refractivity contribution in [3.05, 3.63) is 54.1 Å². The van der Waals surface area contributed by atoms with Crippen molar-refractivity contribution in [2.24, 2.45) is 16.8 Å². The molecule has 2 aromatic rings. The highest BCUT2D eigenvalue weighted by atomic mass is 15.3. The third kappa shape index (κ3) is 3.92. The molecule has 1 N–H and O–H groups in total. The molecule has 0 spiro atoms. The highest BCUT2D eigenvalue weighted by Gasteiger charge is 2.35. The fraction of sp³-hybridized carbons (Fsp3) is 0.524. The molecule has 26 heavy (non-hydrogen) atoms. The number of benzene rings is 1. The molecule has 2 atom stereocenters. The van der Waals surface area contributed by atoms with Crippen molar-refractivity contribution in [3.8, 4) is 0 Å². The van der Waals surface area contributed by atoms with Crippen LogP contribution in [0, 0.1) is 11.8 Å². The number of rotatable bonds is 4. The Morgan fingerprint density at radius 1 is 1.19 bits per heavy atom. The van der Waals surface area contributed by atoms with Gasteiger partial charge in [0.05, 0.1) is 6.33 Å². The molecule has 0 radical (unpaired) electrons. The molecule has 138 valence electrons. The molecule has 2 unspecified atom stereocenters. The smallest absolute Gasteiger partial charge is 0.193 e. The van der Waals surface area contributed by atoms with E-state index in [1.807, 2.05) is 25.8 Å². The Hall–Kier alpha value is -2.30. The van der Waals surface area contributed by atoms with Gasteiger partial charge in [0.1, 0.15) is 0 Å². The normalized spacial score (nSPS) is 23.1. The van der Waals surface area contributed by atoms with Gasteiger partial charge >= 0.3 is 0 Å². The summed E-state index contributed by atoms with van der Waals surface area (Å²) in [6.45, 7) is 4.02. The second-order valence-electron chi connectivity index (χ2n) is 7.67. The molecule has 5 heteroatoms. The van der Waals surface area contributed by atoms with E-state index in [4.69, 9.17) is 0 Å². The van der Waals surface area contributed by atoms with Crippen molar-refractivity contribution in [1.29, 1.82) is 0 Å². The molecule has 2 aliphatic rings. The van der Waals surface area contributed by atoms with E-state index >= 15 is 0 Å². The molecular weight excluding hydrogens is 322 g/mol. The second kappa shape index (κ2) is 7.94. The third-order valence-corrected chi connectivity index (χ3v) is 5.85. The number of fused-ring (bicyclic) bond motifs is 1. The molecule has 1 saturated carbocycles. The van der Waals surface area contributed by atoms with E-state index in [-0.39, 0.29) is 0 Å². The second-order valence-corrected chi connectivity index (χ2v) is 7.67. The van der Waals surface area contributed by atoms with Crippen molar-refractivity contribution in [2.75, 3.05) is 20.1 Å². The van der Waals surface area contributed by atoms with Crippen LogP contribution in [0.3, 0.4) is 0 Å². The van der Waals surface area contributed by atoms with Crippen LogP contribution in [0.2, 0.25) is 0 Å². The van der Waals surface area contributed by atoms with Crippen LogP contribution in [-0.4, -0.2) is 40.5 Å². The highest BCUT2D eigenvalue weighted by Crippen LogP contribution is 2.35. The van der Waals surface area contributed by atoms with Crippen LogP contribution in [0.25, 0.3) is 0 Å². The summed E-state index contributed by atoms with van der Waals surface area (Å²) < 4.78 is 2.09.